The van der Waals surface area contributed by atoms with E-state index in [1.807, 2.05) is 11.8 Å². The fraction of sp³-hybridized carbons (Fsp3) is 0.667. The highest BCUT2D eigenvalue weighted by molar-refractivity contribution is 7.99. The minimum absolute atomic E-state index is 0.443. The third kappa shape index (κ3) is 5.24. The van der Waals surface area contributed by atoms with Crippen molar-refractivity contribution in [1.82, 2.24) is 0 Å². The molecule has 0 fully saturated rings. The quantitative estimate of drug-likeness (QED) is 0.674. The second-order valence-corrected chi connectivity index (χ2v) is 4.41. The molecule has 0 aromatic carbocycles. The summed E-state index contributed by atoms with van der Waals surface area (Å²) in [5.41, 5.74) is 0.443. The number of hydrogen-bond acceptors (Lipinski definition) is 2. The molecule has 3 heteroatoms. The van der Waals surface area contributed by atoms with E-state index in [0.29, 0.717) is 10.8 Å². The fourth-order valence-electron chi connectivity index (χ4n) is 0.783. The maximum atomic E-state index is 10.4. The molecule has 0 bridgehead atoms. The molecule has 0 saturated carbocycles. The van der Waals surface area contributed by atoms with Gasteiger partial charge in [0.25, 0.3) is 0 Å². The van der Waals surface area contributed by atoms with Crippen LogP contribution in [0.3, 0.4) is 0 Å². The van der Waals surface area contributed by atoms with Crippen molar-refractivity contribution in [1.29, 1.82) is 0 Å². The van der Waals surface area contributed by atoms with Crippen LogP contribution >= 0.6 is 11.8 Å². The Labute approximate surface area is 78.0 Å². The van der Waals surface area contributed by atoms with Crippen LogP contribution in [-0.2, 0) is 4.79 Å². The van der Waals surface area contributed by atoms with E-state index in [1.165, 1.54) is 0 Å². The van der Waals surface area contributed by atoms with Gasteiger partial charge in [-0.2, -0.15) is 11.8 Å². The number of allylic oxidation sites excluding steroid dienone is 1. The summed E-state index contributed by atoms with van der Waals surface area (Å²) in [5, 5.41) is 9.07. The Hall–Kier alpha value is -0.440. The van der Waals surface area contributed by atoms with Crippen molar-refractivity contribution in [2.75, 3.05) is 5.75 Å². The molecule has 12 heavy (non-hydrogen) atoms. The molecule has 0 spiro atoms. The average molecular weight is 188 g/mol. The first-order valence-corrected chi connectivity index (χ1v) is 5.14. The van der Waals surface area contributed by atoms with Gasteiger partial charge < -0.3 is 5.11 Å². The van der Waals surface area contributed by atoms with Crippen molar-refractivity contribution >= 4 is 17.7 Å². The molecule has 0 aliphatic rings. The number of carbonyl (C=O) groups is 1. The van der Waals surface area contributed by atoms with E-state index in [4.69, 9.17) is 5.11 Å². The monoisotopic (exact) mass is 188 g/mol. The lowest BCUT2D eigenvalue weighted by atomic mass is 10.2. The smallest absolute Gasteiger partial charge is 0.330 e. The molecule has 0 amide bonds. The van der Waals surface area contributed by atoms with Crippen molar-refractivity contribution in [2.45, 2.75) is 32.4 Å². The third-order valence-corrected chi connectivity index (χ3v) is 2.64. The lowest BCUT2D eigenvalue weighted by Crippen LogP contribution is -1.99. The summed E-state index contributed by atoms with van der Waals surface area (Å²) >= 11 is 1.85. The van der Waals surface area contributed by atoms with E-state index >= 15 is 0 Å². The van der Waals surface area contributed by atoms with Gasteiger partial charge in [-0.3, -0.25) is 0 Å². The molecule has 0 aliphatic carbocycles. The first kappa shape index (κ1) is 11.6. The van der Waals surface area contributed by atoms with Crippen LogP contribution in [0.25, 0.3) is 0 Å². The topological polar surface area (TPSA) is 37.3 Å². The van der Waals surface area contributed by atoms with Gasteiger partial charge in [0.05, 0.1) is 0 Å². The highest BCUT2D eigenvalue weighted by Crippen LogP contribution is 2.14. The first-order chi connectivity index (χ1) is 5.57. The summed E-state index contributed by atoms with van der Waals surface area (Å²) in [6, 6.07) is 0. The van der Waals surface area contributed by atoms with Gasteiger partial charge in [0.15, 0.2) is 0 Å². The van der Waals surface area contributed by atoms with Crippen LogP contribution in [0.15, 0.2) is 11.6 Å². The molecule has 2 nitrogen and oxygen atoms in total. The zero-order valence-electron chi connectivity index (χ0n) is 7.83. The normalized spacial score (nSPS) is 14.4. The van der Waals surface area contributed by atoms with Gasteiger partial charge in [-0.05, 0) is 19.1 Å². The van der Waals surface area contributed by atoms with Crippen LogP contribution in [0.5, 0.6) is 0 Å². The molecule has 1 unspecified atom stereocenters. The van der Waals surface area contributed by atoms with E-state index < -0.39 is 5.97 Å². The first-order valence-electron chi connectivity index (χ1n) is 4.09. The summed E-state index contributed by atoms with van der Waals surface area (Å²) in [5.74, 6) is 0.268. The predicted molar refractivity (Wildman–Crippen MR) is 53.6 cm³/mol. The molecule has 0 saturated heterocycles. The average Bonchev–Trinajstić information content (AvgIpc) is 2.00. The lowest BCUT2D eigenvalue weighted by Gasteiger charge is -2.05. The van der Waals surface area contributed by atoms with Crippen molar-refractivity contribution in [3.63, 3.8) is 0 Å². The van der Waals surface area contributed by atoms with Gasteiger partial charge in [-0.25, -0.2) is 4.79 Å². The van der Waals surface area contributed by atoms with Crippen molar-refractivity contribution in [3.05, 3.63) is 11.6 Å². The van der Waals surface area contributed by atoms with Gasteiger partial charge in [0, 0.05) is 10.8 Å². The molecule has 0 aliphatic heterocycles. The van der Waals surface area contributed by atoms with E-state index in [0.717, 1.165) is 12.2 Å². The summed E-state index contributed by atoms with van der Waals surface area (Å²) in [7, 11) is 0. The van der Waals surface area contributed by atoms with Crippen LogP contribution in [-0.4, -0.2) is 22.1 Å². The number of rotatable bonds is 5. The highest BCUT2D eigenvalue weighted by Gasteiger charge is 2.02. The molecule has 0 radical (unpaired) electrons. The fourth-order valence-corrected chi connectivity index (χ4v) is 1.58. The maximum Gasteiger partial charge on any atom is 0.330 e. The van der Waals surface area contributed by atoms with Crippen LogP contribution in [0.2, 0.25) is 0 Å². The second-order valence-electron chi connectivity index (χ2n) is 2.69. The van der Waals surface area contributed by atoms with Crippen LogP contribution in [0, 0.1) is 0 Å². The molecule has 0 aromatic rings. The predicted octanol–water partition coefficient (Wildman–Crippen LogP) is 2.55. The van der Waals surface area contributed by atoms with E-state index in [-0.39, 0.29) is 0 Å². The Kier molecular flexibility index (Phi) is 5.89. The summed E-state index contributed by atoms with van der Waals surface area (Å²) in [6.07, 6.45) is 2.63. The molecular formula is C9H16O2S. The number of aliphatic carboxylic acids is 1. The minimum atomic E-state index is -0.816. The van der Waals surface area contributed by atoms with Gasteiger partial charge >= 0.3 is 5.97 Å². The summed E-state index contributed by atoms with van der Waals surface area (Å²) < 4.78 is 0. The van der Waals surface area contributed by atoms with Crippen molar-refractivity contribution in [2.24, 2.45) is 0 Å². The largest absolute Gasteiger partial charge is 0.478 e. The Morgan fingerprint density at radius 1 is 1.67 bits per heavy atom. The molecule has 1 N–H and O–H groups in total. The van der Waals surface area contributed by atoms with Gasteiger partial charge in [-0.15, -0.1) is 0 Å². The van der Waals surface area contributed by atoms with E-state index in [1.54, 1.807) is 13.0 Å². The van der Waals surface area contributed by atoms with Crippen LogP contribution in [0.4, 0.5) is 0 Å². The lowest BCUT2D eigenvalue weighted by molar-refractivity contribution is -0.132. The van der Waals surface area contributed by atoms with Crippen LogP contribution < -0.4 is 0 Å². The van der Waals surface area contributed by atoms with E-state index in [2.05, 4.69) is 13.8 Å². The van der Waals surface area contributed by atoms with Gasteiger partial charge in [0.2, 0.25) is 0 Å². The Balaban J connectivity index is 3.79. The number of carboxylic acids is 1. The SMILES string of the molecule is CCSC(C)C/C=C(\C)C(=O)O. The Morgan fingerprint density at radius 2 is 2.25 bits per heavy atom. The van der Waals surface area contributed by atoms with Gasteiger partial charge in [-0.1, -0.05) is 19.9 Å². The van der Waals surface area contributed by atoms with Crippen LogP contribution in [0.1, 0.15) is 27.2 Å². The Bertz CT molecular complexity index is 175. The number of thioether (sulfide) groups is 1. The standard InChI is InChI=1S/C9H16O2S/c1-4-12-8(3)6-5-7(2)9(10)11/h5,8H,4,6H2,1-3H3,(H,10,11)/b7-5+. The summed E-state index contributed by atoms with van der Waals surface area (Å²) in [6.45, 7) is 5.85. The minimum Gasteiger partial charge on any atom is -0.478 e. The van der Waals surface area contributed by atoms with Crippen molar-refractivity contribution < 1.29 is 9.90 Å². The summed E-state index contributed by atoms with van der Waals surface area (Å²) in [4.78, 5) is 10.4. The molecule has 0 heterocycles. The molecule has 70 valence electrons. The van der Waals surface area contributed by atoms with E-state index in [9.17, 15) is 4.79 Å². The molecule has 0 aromatic heterocycles. The second kappa shape index (κ2) is 6.12. The third-order valence-electron chi connectivity index (χ3n) is 1.54. The molecule has 1 atom stereocenters. The zero-order valence-corrected chi connectivity index (χ0v) is 8.65. The number of carboxylic acid groups (broad SMARTS) is 1. The number of hydrogen-bond donors (Lipinski definition) is 1. The highest BCUT2D eigenvalue weighted by atomic mass is 32.2. The maximum absolute atomic E-state index is 10.4. The molecule has 0 rings (SSSR count). The molecular weight excluding hydrogens is 172 g/mol. The zero-order chi connectivity index (χ0) is 9.56. The Morgan fingerprint density at radius 3 is 2.67 bits per heavy atom. The van der Waals surface area contributed by atoms with Gasteiger partial charge in [0.1, 0.15) is 0 Å². The van der Waals surface area contributed by atoms with Crippen molar-refractivity contribution in [3.8, 4) is 0 Å².